The zero-order chi connectivity index (χ0) is 13.9. The average molecular weight is 286 g/mol. The monoisotopic (exact) mass is 286 g/mol. The van der Waals surface area contributed by atoms with Crippen LogP contribution in [0.3, 0.4) is 0 Å². The Bertz CT molecular complexity index is 200. The lowest BCUT2D eigenvalue weighted by Crippen LogP contribution is -2.35. The zero-order valence-corrected chi connectivity index (χ0v) is 12.7. The second kappa shape index (κ2) is 10.5. The van der Waals surface area contributed by atoms with Gasteiger partial charge in [-0.3, -0.25) is 9.80 Å². The molecule has 3 saturated heterocycles. The molecule has 3 fully saturated rings. The van der Waals surface area contributed by atoms with Crippen molar-refractivity contribution in [1.29, 1.82) is 0 Å². The first-order chi connectivity index (χ1) is 9.95. The topological polar surface area (TPSA) is 34.2 Å². The summed E-state index contributed by atoms with van der Waals surface area (Å²) in [4.78, 5) is 4.94. The van der Waals surface area contributed by atoms with Crippen molar-refractivity contribution in [2.75, 3.05) is 78.9 Å². The molecule has 0 amide bonds. The molecule has 2 bridgehead atoms. The van der Waals surface area contributed by atoms with E-state index in [-0.39, 0.29) is 0 Å². The molecule has 0 spiro atoms. The first-order valence-corrected chi connectivity index (χ1v) is 8.13. The lowest BCUT2D eigenvalue weighted by molar-refractivity contribution is 0.0331. The van der Waals surface area contributed by atoms with Crippen LogP contribution in [0.25, 0.3) is 0 Å². The van der Waals surface area contributed by atoms with Gasteiger partial charge in [0.1, 0.15) is 0 Å². The van der Waals surface area contributed by atoms with Crippen LogP contribution in [0, 0.1) is 0 Å². The predicted octanol–water partition coefficient (Wildman–Crippen LogP) is 0.838. The van der Waals surface area contributed by atoms with Gasteiger partial charge in [0.15, 0.2) is 0 Å². The third-order valence-corrected chi connectivity index (χ3v) is 4.03. The SMILES string of the molecule is C1CCN2CCOCCOCCN(CC1)CCOCC2. The van der Waals surface area contributed by atoms with E-state index in [0.717, 1.165) is 52.6 Å². The molecule has 2 unspecified atom stereocenters. The van der Waals surface area contributed by atoms with Crippen molar-refractivity contribution in [2.45, 2.75) is 19.3 Å². The summed E-state index contributed by atoms with van der Waals surface area (Å²) in [5, 5.41) is 0. The molecule has 3 aliphatic rings. The molecule has 0 aromatic carbocycles. The maximum atomic E-state index is 5.78. The predicted molar refractivity (Wildman–Crippen MR) is 79.2 cm³/mol. The Labute approximate surface area is 123 Å². The van der Waals surface area contributed by atoms with E-state index in [0.29, 0.717) is 13.2 Å². The van der Waals surface area contributed by atoms with E-state index in [1.54, 1.807) is 0 Å². The number of hydrogen-bond acceptors (Lipinski definition) is 5. The number of rotatable bonds is 0. The molecule has 2 atom stereocenters. The molecule has 0 aromatic heterocycles. The van der Waals surface area contributed by atoms with Crippen molar-refractivity contribution in [3.8, 4) is 0 Å². The van der Waals surface area contributed by atoms with Crippen LogP contribution in [0.15, 0.2) is 0 Å². The van der Waals surface area contributed by atoms with E-state index in [4.69, 9.17) is 14.2 Å². The molecule has 0 radical (unpaired) electrons. The lowest BCUT2D eigenvalue weighted by Gasteiger charge is -2.25. The highest BCUT2D eigenvalue weighted by molar-refractivity contribution is 4.63. The smallest absolute Gasteiger partial charge is 0.0701 e. The maximum absolute atomic E-state index is 5.78. The fraction of sp³-hybridized carbons (Fsp3) is 1.00. The average Bonchev–Trinajstić information content (AvgIpc) is 2.46. The lowest BCUT2D eigenvalue weighted by atomic mass is 10.2. The van der Waals surface area contributed by atoms with Crippen LogP contribution in [0.5, 0.6) is 0 Å². The van der Waals surface area contributed by atoms with Crippen molar-refractivity contribution < 1.29 is 14.2 Å². The van der Waals surface area contributed by atoms with E-state index in [1.165, 1.54) is 32.4 Å². The molecular weight excluding hydrogens is 256 g/mol. The van der Waals surface area contributed by atoms with Crippen molar-refractivity contribution in [3.63, 3.8) is 0 Å². The summed E-state index contributed by atoms with van der Waals surface area (Å²) in [6.45, 7) is 11.1. The number of nitrogens with zero attached hydrogens (tertiary/aromatic N) is 2. The van der Waals surface area contributed by atoms with Gasteiger partial charge in [0, 0.05) is 26.2 Å². The number of fused-ring (bicyclic) bond motifs is 15. The highest BCUT2D eigenvalue weighted by Crippen LogP contribution is 2.04. The molecule has 0 aromatic rings. The second-order valence-corrected chi connectivity index (χ2v) is 5.58. The van der Waals surface area contributed by atoms with Gasteiger partial charge < -0.3 is 14.2 Å². The molecular formula is C15H30N2O3. The molecule has 5 heteroatoms. The largest absolute Gasteiger partial charge is 0.379 e. The van der Waals surface area contributed by atoms with Crippen molar-refractivity contribution >= 4 is 0 Å². The van der Waals surface area contributed by atoms with Crippen molar-refractivity contribution in [3.05, 3.63) is 0 Å². The highest BCUT2D eigenvalue weighted by atomic mass is 16.5. The molecule has 3 rings (SSSR count). The van der Waals surface area contributed by atoms with E-state index in [2.05, 4.69) is 9.80 Å². The van der Waals surface area contributed by atoms with Gasteiger partial charge in [0.2, 0.25) is 0 Å². The fourth-order valence-electron chi connectivity index (χ4n) is 2.72. The third kappa shape index (κ3) is 6.99. The molecule has 20 heavy (non-hydrogen) atoms. The van der Waals surface area contributed by atoms with Crippen LogP contribution >= 0.6 is 0 Å². The van der Waals surface area contributed by atoms with Crippen LogP contribution < -0.4 is 0 Å². The van der Waals surface area contributed by atoms with E-state index < -0.39 is 0 Å². The van der Waals surface area contributed by atoms with Gasteiger partial charge in [-0.25, -0.2) is 0 Å². The van der Waals surface area contributed by atoms with E-state index in [9.17, 15) is 0 Å². The summed E-state index contributed by atoms with van der Waals surface area (Å²) >= 11 is 0. The first-order valence-electron chi connectivity index (χ1n) is 8.13. The maximum Gasteiger partial charge on any atom is 0.0701 e. The van der Waals surface area contributed by atoms with E-state index in [1.807, 2.05) is 0 Å². The molecule has 5 nitrogen and oxygen atoms in total. The Morgan fingerprint density at radius 1 is 0.400 bits per heavy atom. The summed E-state index contributed by atoms with van der Waals surface area (Å²) < 4.78 is 17.1. The zero-order valence-electron chi connectivity index (χ0n) is 12.7. The van der Waals surface area contributed by atoms with E-state index >= 15 is 0 Å². The van der Waals surface area contributed by atoms with Gasteiger partial charge in [0.05, 0.1) is 39.6 Å². The minimum Gasteiger partial charge on any atom is -0.379 e. The summed E-state index contributed by atoms with van der Waals surface area (Å²) in [6, 6.07) is 0. The Kier molecular flexibility index (Phi) is 8.50. The standard InChI is InChI=1S/C15H30N2O3/c1-2-4-16-6-10-18-11-7-17(5-3-1)9-13-20-15-14-19-12-8-16/h1-15H2. The van der Waals surface area contributed by atoms with Crippen molar-refractivity contribution in [2.24, 2.45) is 0 Å². The minimum atomic E-state index is 0.713. The molecule has 118 valence electrons. The van der Waals surface area contributed by atoms with Gasteiger partial charge in [-0.1, -0.05) is 6.42 Å². The third-order valence-electron chi connectivity index (χ3n) is 4.03. The fourth-order valence-corrected chi connectivity index (χ4v) is 2.72. The summed E-state index contributed by atoms with van der Waals surface area (Å²) in [7, 11) is 0. The number of ether oxygens (including phenoxy) is 3. The molecule has 0 saturated carbocycles. The number of hydrogen-bond donors (Lipinski definition) is 0. The van der Waals surface area contributed by atoms with Crippen molar-refractivity contribution in [1.82, 2.24) is 9.80 Å². The highest BCUT2D eigenvalue weighted by Gasteiger charge is 2.10. The summed E-state index contributed by atoms with van der Waals surface area (Å²) in [6.07, 6.45) is 3.88. The van der Waals surface area contributed by atoms with Crippen LogP contribution in [-0.2, 0) is 14.2 Å². The van der Waals surface area contributed by atoms with Gasteiger partial charge in [-0.15, -0.1) is 0 Å². The molecule has 0 N–H and O–H groups in total. The van der Waals surface area contributed by atoms with Gasteiger partial charge in [-0.05, 0) is 25.9 Å². The summed E-state index contributed by atoms with van der Waals surface area (Å²) in [5.41, 5.74) is 0. The normalized spacial score (nSPS) is 32.4. The molecule has 0 aliphatic carbocycles. The second-order valence-electron chi connectivity index (χ2n) is 5.58. The van der Waals surface area contributed by atoms with Gasteiger partial charge in [-0.2, -0.15) is 0 Å². The Balaban J connectivity index is 1.88. The van der Waals surface area contributed by atoms with Crippen LogP contribution in [0.1, 0.15) is 19.3 Å². The van der Waals surface area contributed by atoms with Gasteiger partial charge >= 0.3 is 0 Å². The quantitative estimate of drug-likeness (QED) is 0.659. The minimum absolute atomic E-state index is 0.713. The molecule has 3 heterocycles. The Morgan fingerprint density at radius 2 is 0.800 bits per heavy atom. The summed E-state index contributed by atoms with van der Waals surface area (Å²) in [5.74, 6) is 0. The molecule has 3 aliphatic heterocycles. The Hall–Kier alpha value is -0.200. The van der Waals surface area contributed by atoms with Gasteiger partial charge in [0.25, 0.3) is 0 Å². The first kappa shape index (κ1) is 16.2. The van der Waals surface area contributed by atoms with Crippen LogP contribution in [0.2, 0.25) is 0 Å². The van der Waals surface area contributed by atoms with Crippen LogP contribution in [-0.4, -0.2) is 88.7 Å². The Morgan fingerprint density at radius 3 is 1.25 bits per heavy atom. The van der Waals surface area contributed by atoms with Crippen LogP contribution in [0.4, 0.5) is 0 Å².